The van der Waals surface area contributed by atoms with Gasteiger partial charge in [-0.3, -0.25) is 19.5 Å². The zero-order chi connectivity index (χ0) is 31.3. The van der Waals surface area contributed by atoms with E-state index in [4.69, 9.17) is 4.74 Å². The Labute approximate surface area is 251 Å². The molecule has 1 aliphatic rings. The summed E-state index contributed by atoms with van der Waals surface area (Å²) in [5.74, 6) is 0.189. The number of amides is 2. The summed E-state index contributed by atoms with van der Waals surface area (Å²) in [6, 6.07) is 19.0. The van der Waals surface area contributed by atoms with Gasteiger partial charge in [-0.2, -0.15) is 0 Å². The highest BCUT2D eigenvalue weighted by molar-refractivity contribution is 6.13. The molecule has 44 heavy (non-hydrogen) atoms. The molecule has 3 heterocycles. The Balaban J connectivity index is 1.54. The van der Waals surface area contributed by atoms with Gasteiger partial charge in [0.15, 0.2) is 0 Å². The van der Waals surface area contributed by atoms with Crippen molar-refractivity contribution < 1.29 is 32.2 Å². The summed E-state index contributed by atoms with van der Waals surface area (Å²) >= 11 is 0. The number of fused-ring (bicyclic) bond motifs is 1. The normalized spacial score (nSPS) is 13.9. The van der Waals surface area contributed by atoms with Gasteiger partial charge in [0.1, 0.15) is 23.1 Å². The van der Waals surface area contributed by atoms with Gasteiger partial charge in [0.05, 0.1) is 36.5 Å². The number of ether oxygens (including phenoxy) is 2. The molecule has 0 spiro atoms. The molecule has 0 radical (unpaired) electrons. The predicted molar refractivity (Wildman–Crippen MR) is 157 cm³/mol. The maximum atomic E-state index is 13.9. The molecular formula is C32H28F3N5O4. The fourth-order valence-electron chi connectivity index (χ4n) is 4.70. The highest BCUT2D eigenvalue weighted by Crippen LogP contribution is 2.34. The molecule has 1 aliphatic heterocycles. The molecule has 0 saturated carbocycles. The first-order valence-electron chi connectivity index (χ1n) is 13.7. The van der Waals surface area contributed by atoms with E-state index in [-0.39, 0.29) is 30.5 Å². The molecule has 2 aromatic carbocycles. The lowest BCUT2D eigenvalue weighted by atomic mass is 10.1. The van der Waals surface area contributed by atoms with Crippen LogP contribution in [0.1, 0.15) is 35.3 Å². The molecule has 9 nitrogen and oxygen atoms in total. The third-order valence-corrected chi connectivity index (χ3v) is 6.73. The van der Waals surface area contributed by atoms with Gasteiger partial charge in [0.2, 0.25) is 5.91 Å². The number of hydrogen-bond acceptors (Lipinski definition) is 7. The lowest BCUT2D eigenvalue weighted by Gasteiger charge is -2.35. The van der Waals surface area contributed by atoms with Crippen molar-refractivity contribution >= 4 is 23.3 Å². The van der Waals surface area contributed by atoms with E-state index >= 15 is 0 Å². The van der Waals surface area contributed by atoms with Gasteiger partial charge in [-0.25, -0.2) is 4.98 Å². The van der Waals surface area contributed by atoms with Crippen LogP contribution in [-0.2, 0) is 17.8 Å². The topological polar surface area (TPSA) is 96.9 Å². The van der Waals surface area contributed by atoms with Gasteiger partial charge in [-0.05, 0) is 79.6 Å². The number of alkyl halides is 3. The summed E-state index contributed by atoms with van der Waals surface area (Å²) in [4.78, 5) is 39.3. The van der Waals surface area contributed by atoms with E-state index in [0.717, 1.165) is 17.7 Å². The summed E-state index contributed by atoms with van der Waals surface area (Å²) in [5.41, 5.74) is 2.49. The van der Waals surface area contributed by atoms with Gasteiger partial charge in [-0.1, -0.05) is 18.2 Å². The molecule has 0 saturated heterocycles. The fourth-order valence-corrected chi connectivity index (χ4v) is 4.70. The second-order valence-corrected chi connectivity index (χ2v) is 9.74. The molecular weight excluding hydrogens is 575 g/mol. The standard InChI is InChI=1S/C32H28F3N5O4/c1-3-43-25-14-10-24(11-15-25)40-30(38-29-27(31(40)42)7-5-17-37-29)21(2)39(20-23-6-4-16-36-19-23)28(41)18-22-8-12-26(13-9-22)44-32(33,34)35/h4-17,19H,3,18,20H2,1-2H3,(H,37,38). The zero-order valence-corrected chi connectivity index (χ0v) is 23.8. The molecule has 2 amide bonds. The first-order valence-corrected chi connectivity index (χ1v) is 13.7. The third kappa shape index (κ3) is 6.97. The lowest BCUT2D eigenvalue weighted by molar-refractivity contribution is -0.274. The number of halogens is 3. The van der Waals surface area contributed by atoms with Crippen molar-refractivity contribution in [2.24, 2.45) is 0 Å². The van der Waals surface area contributed by atoms with Crippen LogP contribution < -0.4 is 19.7 Å². The quantitative estimate of drug-likeness (QED) is 0.240. The number of carbonyl (C=O) groups is 2. The molecule has 0 unspecified atom stereocenters. The van der Waals surface area contributed by atoms with Gasteiger partial charge < -0.3 is 19.7 Å². The van der Waals surface area contributed by atoms with Crippen LogP contribution in [0.3, 0.4) is 0 Å². The summed E-state index contributed by atoms with van der Waals surface area (Å²) in [7, 11) is 0. The van der Waals surface area contributed by atoms with E-state index in [1.54, 1.807) is 68.0 Å². The molecule has 226 valence electrons. The van der Waals surface area contributed by atoms with Crippen LogP contribution in [-0.4, -0.2) is 39.7 Å². The largest absolute Gasteiger partial charge is 0.573 e. The number of pyridine rings is 2. The molecule has 5 rings (SSSR count). The Morgan fingerprint density at radius 2 is 1.66 bits per heavy atom. The van der Waals surface area contributed by atoms with E-state index < -0.39 is 6.36 Å². The van der Waals surface area contributed by atoms with Gasteiger partial charge in [-0.15, -0.1) is 13.2 Å². The second kappa shape index (κ2) is 12.9. The van der Waals surface area contributed by atoms with Crippen molar-refractivity contribution in [1.29, 1.82) is 0 Å². The fraction of sp³-hybridized carbons (Fsp3) is 0.188. The Kier molecular flexibility index (Phi) is 8.79. The molecule has 1 N–H and O–H groups in total. The lowest BCUT2D eigenvalue weighted by Crippen LogP contribution is -2.42. The van der Waals surface area contributed by atoms with Crippen LogP contribution in [0.4, 0.5) is 24.7 Å². The number of anilines is 2. The smallest absolute Gasteiger partial charge is 0.494 e. The summed E-state index contributed by atoms with van der Waals surface area (Å²) in [5, 5.41) is 3.24. The van der Waals surface area contributed by atoms with Crippen molar-refractivity contribution in [1.82, 2.24) is 14.9 Å². The molecule has 12 heteroatoms. The Morgan fingerprint density at radius 1 is 0.955 bits per heavy atom. The number of carbonyl (C=O) groups excluding carboxylic acids is 2. The number of allylic oxidation sites excluding steroid dienone is 1. The van der Waals surface area contributed by atoms with Crippen molar-refractivity contribution in [3.8, 4) is 11.5 Å². The minimum absolute atomic E-state index is 0.110. The summed E-state index contributed by atoms with van der Waals surface area (Å²) in [6.07, 6.45) is -0.161. The number of hydrogen-bond donors (Lipinski definition) is 1. The van der Waals surface area contributed by atoms with Crippen molar-refractivity contribution in [2.75, 3.05) is 16.8 Å². The summed E-state index contributed by atoms with van der Waals surface area (Å²) < 4.78 is 47.4. The predicted octanol–water partition coefficient (Wildman–Crippen LogP) is 6.31. The second-order valence-electron chi connectivity index (χ2n) is 9.74. The summed E-state index contributed by atoms with van der Waals surface area (Å²) in [6.45, 7) is 4.17. The zero-order valence-electron chi connectivity index (χ0n) is 23.8. The first-order chi connectivity index (χ1) is 21.1. The van der Waals surface area contributed by atoms with Crippen LogP contribution >= 0.6 is 0 Å². The molecule has 0 bridgehead atoms. The monoisotopic (exact) mass is 603 g/mol. The van der Waals surface area contributed by atoms with Gasteiger partial charge in [0, 0.05) is 18.6 Å². The van der Waals surface area contributed by atoms with E-state index in [0.29, 0.717) is 46.5 Å². The molecule has 0 fully saturated rings. The maximum absolute atomic E-state index is 13.9. The highest BCUT2D eigenvalue weighted by Gasteiger charge is 2.34. The molecule has 0 aliphatic carbocycles. The SMILES string of the molecule is CCOc1ccc(N2C(=O)c3cccnc3NC2=C(C)N(Cc2cccnc2)C(=O)Cc2ccc(OC(F)(F)F)cc2)cc1. The third-order valence-electron chi connectivity index (χ3n) is 6.73. The number of nitrogens with one attached hydrogen (secondary N) is 1. The van der Waals surface area contributed by atoms with Gasteiger partial charge in [0.25, 0.3) is 5.91 Å². The van der Waals surface area contributed by atoms with Crippen molar-refractivity contribution in [2.45, 2.75) is 33.2 Å². The van der Waals surface area contributed by atoms with Gasteiger partial charge >= 0.3 is 6.36 Å². The minimum atomic E-state index is -4.83. The van der Waals surface area contributed by atoms with Crippen LogP contribution in [0.2, 0.25) is 0 Å². The average molecular weight is 604 g/mol. The molecule has 2 aromatic heterocycles. The number of aromatic nitrogens is 2. The molecule has 4 aromatic rings. The van der Waals surface area contributed by atoms with Crippen molar-refractivity contribution in [3.05, 3.63) is 120 Å². The highest BCUT2D eigenvalue weighted by atomic mass is 19.4. The van der Waals surface area contributed by atoms with E-state index in [2.05, 4.69) is 20.0 Å². The maximum Gasteiger partial charge on any atom is 0.573 e. The Morgan fingerprint density at radius 3 is 2.32 bits per heavy atom. The van der Waals surface area contributed by atoms with E-state index in [1.165, 1.54) is 21.9 Å². The Bertz CT molecular complexity index is 1660. The Hall–Kier alpha value is -5.39. The van der Waals surface area contributed by atoms with E-state index in [9.17, 15) is 22.8 Å². The number of rotatable bonds is 9. The first kappa shape index (κ1) is 30.1. The van der Waals surface area contributed by atoms with Crippen LogP contribution in [0.5, 0.6) is 11.5 Å². The number of benzene rings is 2. The van der Waals surface area contributed by atoms with E-state index in [1.807, 2.05) is 13.0 Å². The molecule has 0 atom stereocenters. The van der Waals surface area contributed by atoms with Crippen molar-refractivity contribution in [3.63, 3.8) is 0 Å². The number of nitrogens with zero attached hydrogens (tertiary/aromatic N) is 4. The van der Waals surface area contributed by atoms with Crippen LogP contribution in [0.25, 0.3) is 0 Å². The average Bonchev–Trinajstić information content (AvgIpc) is 3.01. The van der Waals surface area contributed by atoms with Crippen LogP contribution in [0, 0.1) is 0 Å². The van der Waals surface area contributed by atoms with Crippen LogP contribution in [0.15, 0.2) is 103 Å². The minimum Gasteiger partial charge on any atom is -0.494 e.